The molecule has 0 aromatic rings. The van der Waals surface area contributed by atoms with Gasteiger partial charge < -0.3 is 28.5 Å². The Morgan fingerprint density at radius 1 is 1.14 bits per heavy atom. The first-order valence-corrected chi connectivity index (χ1v) is 3.16. The van der Waals surface area contributed by atoms with Gasteiger partial charge in [0, 0.05) is 14.1 Å². The molecule has 0 atom stereocenters. The van der Waals surface area contributed by atoms with Gasteiger partial charge in [-0.3, -0.25) is 9.59 Å². The van der Waals surface area contributed by atoms with Crippen LogP contribution in [0.2, 0.25) is 0 Å². The van der Waals surface area contributed by atoms with Gasteiger partial charge in [0.1, 0.15) is 0 Å². The van der Waals surface area contributed by atoms with Crippen LogP contribution in [0.5, 0.6) is 0 Å². The number of carbonyl (C=O) groups excluding carboxylic acids is 2. The number of nitrogens with two attached hydrogens (primary N) is 1. The molecule has 0 saturated carbocycles. The SMILES string of the molecule is CN(C)C(=O)S.NC(=O)S.O.O.O.[H-].[Na+]. The van der Waals surface area contributed by atoms with Crippen LogP contribution in [0.1, 0.15) is 1.43 Å². The average molecular weight is 260 g/mol. The molecule has 86 valence electrons. The Labute approximate surface area is 117 Å². The number of amides is 2. The Kier molecular flexibility index (Phi) is 61.1. The van der Waals surface area contributed by atoms with Gasteiger partial charge in [0.25, 0.3) is 10.5 Å². The predicted molar refractivity (Wildman–Crippen MR) is 58.6 cm³/mol. The molecule has 14 heavy (non-hydrogen) atoms. The molecule has 0 fully saturated rings. The van der Waals surface area contributed by atoms with Gasteiger partial charge in [0.05, 0.1) is 0 Å². The summed E-state index contributed by atoms with van der Waals surface area (Å²) in [4.78, 5) is 20.4. The fourth-order valence-corrected chi connectivity index (χ4v) is 0. The quantitative estimate of drug-likeness (QED) is 0.295. The molecule has 0 heterocycles. The summed E-state index contributed by atoms with van der Waals surface area (Å²) in [6, 6.07) is 0. The van der Waals surface area contributed by atoms with E-state index >= 15 is 0 Å². The fourth-order valence-electron chi connectivity index (χ4n) is 0. The van der Waals surface area contributed by atoms with Crippen molar-refractivity contribution in [3.05, 3.63) is 0 Å². The van der Waals surface area contributed by atoms with Gasteiger partial charge in [-0.25, -0.2) is 0 Å². The molecule has 7 nitrogen and oxygen atoms in total. The summed E-state index contributed by atoms with van der Waals surface area (Å²) < 4.78 is 0. The standard InChI is InChI=1S/C3H7NOS.CH3NOS.Na.3H2O.H/c1-4(2)3(5)6;2-1(3)4;;;;;/h1-2H3,(H,5,6);(H3,2,3,4);;3*1H2;/q;;+1;;;;-1. The van der Waals surface area contributed by atoms with E-state index in [9.17, 15) is 4.79 Å². The second kappa shape index (κ2) is 23.4. The van der Waals surface area contributed by atoms with Gasteiger partial charge in [-0.2, -0.15) is 0 Å². The smallest absolute Gasteiger partial charge is 1.00 e. The molecule has 0 spiro atoms. The van der Waals surface area contributed by atoms with E-state index in [1.807, 2.05) is 0 Å². The number of primary amides is 1. The monoisotopic (exact) mass is 260 g/mol. The minimum absolute atomic E-state index is 0. The maximum Gasteiger partial charge on any atom is 1.00 e. The third kappa shape index (κ3) is 81.3. The van der Waals surface area contributed by atoms with E-state index in [2.05, 4.69) is 31.0 Å². The van der Waals surface area contributed by atoms with Crippen molar-refractivity contribution in [2.24, 2.45) is 5.73 Å². The molecule has 0 unspecified atom stereocenters. The fraction of sp³-hybridized carbons (Fsp3) is 0.500. The van der Waals surface area contributed by atoms with Crippen molar-refractivity contribution in [2.75, 3.05) is 14.1 Å². The summed E-state index contributed by atoms with van der Waals surface area (Å²) in [5.41, 5.74) is 4.34. The van der Waals surface area contributed by atoms with Crippen molar-refractivity contribution in [2.45, 2.75) is 0 Å². The predicted octanol–water partition coefficient (Wildman–Crippen LogP) is -4.76. The van der Waals surface area contributed by atoms with Gasteiger partial charge in [0.2, 0.25) is 0 Å². The Morgan fingerprint density at radius 2 is 1.21 bits per heavy atom. The normalized spacial score (nSPS) is 5.14. The molecule has 2 amide bonds. The summed E-state index contributed by atoms with van der Waals surface area (Å²) in [5.74, 6) is 0. The number of nitrogens with zero attached hydrogens (tertiary/aromatic N) is 1. The molecule has 0 bridgehead atoms. The van der Waals surface area contributed by atoms with Crippen LogP contribution in [-0.4, -0.2) is 45.9 Å². The number of thiol groups is 2. The van der Waals surface area contributed by atoms with E-state index in [0.717, 1.165) is 0 Å². The summed E-state index contributed by atoms with van der Waals surface area (Å²) in [6.45, 7) is 0. The maximum absolute atomic E-state index is 9.93. The first-order valence-electron chi connectivity index (χ1n) is 2.26. The van der Waals surface area contributed by atoms with Crippen LogP contribution in [0.4, 0.5) is 9.59 Å². The second-order valence-corrected chi connectivity index (χ2v) is 2.34. The maximum atomic E-state index is 9.93. The van der Waals surface area contributed by atoms with E-state index in [4.69, 9.17) is 4.79 Å². The molecule has 0 aromatic carbocycles. The summed E-state index contributed by atoms with van der Waals surface area (Å²) >= 11 is 6.58. The van der Waals surface area contributed by atoms with Crippen LogP contribution in [-0.2, 0) is 0 Å². The van der Waals surface area contributed by atoms with Crippen molar-refractivity contribution in [1.82, 2.24) is 4.90 Å². The second-order valence-electron chi connectivity index (χ2n) is 1.52. The van der Waals surface area contributed by atoms with Gasteiger partial charge in [-0.15, -0.1) is 0 Å². The van der Waals surface area contributed by atoms with E-state index in [1.165, 1.54) is 4.90 Å². The Bertz CT molecular complexity index is 138. The number of rotatable bonds is 0. The van der Waals surface area contributed by atoms with Crippen LogP contribution >= 0.6 is 25.3 Å². The summed E-state index contributed by atoms with van der Waals surface area (Å²) in [6.07, 6.45) is 0. The van der Waals surface area contributed by atoms with Crippen LogP contribution in [0.25, 0.3) is 0 Å². The van der Waals surface area contributed by atoms with Crippen LogP contribution in [0, 0.1) is 0 Å². The van der Waals surface area contributed by atoms with Gasteiger partial charge >= 0.3 is 29.6 Å². The minimum atomic E-state index is -0.639. The van der Waals surface area contributed by atoms with E-state index in [-0.39, 0.29) is 52.7 Å². The Balaban J connectivity index is -0.0000000133. The van der Waals surface area contributed by atoms with E-state index in [0.29, 0.717) is 0 Å². The Morgan fingerprint density at radius 3 is 1.21 bits per heavy atom. The van der Waals surface area contributed by atoms with Crippen molar-refractivity contribution >= 4 is 35.7 Å². The average Bonchev–Trinajstić information content (AvgIpc) is 1.63. The third-order valence-electron chi connectivity index (χ3n) is 0.383. The third-order valence-corrected chi connectivity index (χ3v) is 0.783. The van der Waals surface area contributed by atoms with E-state index in [1.54, 1.807) is 14.1 Å². The zero-order valence-electron chi connectivity index (χ0n) is 9.24. The molecule has 0 aliphatic carbocycles. The van der Waals surface area contributed by atoms with Crippen LogP contribution < -0.4 is 35.3 Å². The molecule has 0 saturated heterocycles. The van der Waals surface area contributed by atoms with Gasteiger partial charge in [0.15, 0.2) is 0 Å². The largest absolute Gasteiger partial charge is 1.00 e. The Hall–Kier alpha value is 0.520. The van der Waals surface area contributed by atoms with Gasteiger partial charge in [-0.05, 0) is 0 Å². The number of hydrogen-bond acceptors (Lipinski definition) is 2. The molecule has 10 heteroatoms. The minimum Gasteiger partial charge on any atom is -1.00 e. The zero-order valence-corrected chi connectivity index (χ0v) is 12.0. The molecule has 8 N–H and O–H groups in total. The van der Waals surface area contributed by atoms with Crippen molar-refractivity contribution < 1.29 is 57.0 Å². The molecule has 0 aliphatic heterocycles. The van der Waals surface area contributed by atoms with E-state index < -0.39 is 5.24 Å². The molecule has 0 aliphatic rings. The molecule has 0 rings (SSSR count). The summed E-state index contributed by atoms with van der Waals surface area (Å²) in [5, 5.41) is -0.852. The van der Waals surface area contributed by atoms with Crippen molar-refractivity contribution in [3.63, 3.8) is 0 Å². The number of carbonyl (C=O) groups is 2. The molecule has 0 aromatic heterocycles. The van der Waals surface area contributed by atoms with Crippen molar-refractivity contribution in [3.8, 4) is 0 Å². The van der Waals surface area contributed by atoms with Crippen molar-refractivity contribution in [1.29, 1.82) is 0 Å². The van der Waals surface area contributed by atoms with Crippen LogP contribution in [0.3, 0.4) is 0 Å². The number of hydrogen-bond donors (Lipinski definition) is 3. The first-order chi connectivity index (χ1) is 4.37. The molecular formula is C4H17N2NaO5S2. The molecule has 0 radical (unpaired) electrons. The summed E-state index contributed by atoms with van der Waals surface area (Å²) in [7, 11) is 3.30. The topological polar surface area (TPSA) is 158 Å². The molecular weight excluding hydrogens is 243 g/mol. The van der Waals surface area contributed by atoms with Crippen LogP contribution in [0.15, 0.2) is 0 Å². The van der Waals surface area contributed by atoms with Gasteiger partial charge in [-0.1, -0.05) is 25.3 Å². The zero-order chi connectivity index (χ0) is 8.73. The first kappa shape index (κ1) is 36.6.